The number of aryl methyl sites for hydroxylation is 1. The van der Waals surface area contributed by atoms with E-state index >= 15 is 0 Å². The summed E-state index contributed by atoms with van der Waals surface area (Å²) in [5.41, 5.74) is 2.64. The fourth-order valence-corrected chi connectivity index (χ4v) is 4.68. The summed E-state index contributed by atoms with van der Waals surface area (Å²) in [6.45, 7) is 5.36. The van der Waals surface area contributed by atoms with Gasteiger partial charge in [0.1, 0.15) is 17.8 Å². The lowest BCUT2D eigenvalue weighted by Gasteiger charge is -2.45. The zero-order valence-electron chi connectivity index (χ0n) is 21.4. The summed E-state index contributed by atoms with van der Waals surface area (Å²) in [7, 11) is 1.81. The van der Waals surface area contributed by atoms with Gasteiger partial charge in [-0.15, -0.1) is 0 Å². The van der Waals surface area contributed by atoms with Crippen molar-refractivity contribution in [1.29, 1.82) is 5.26 Å². The van der Waals surface area contributed by atoms with Gasteiger partial charge in [-0.3, -0.25) is 23.6 Å². The average molecular weight is 510 g/mol. The van der Waals surface area contributed by atoms with Crippen molar-refractivity contribution in [2.75, 3.05) is 13.1 Å². The zero-order valence-corrected chi connectivity index (χ0v) is 21.4. The number of hydrogen-bond donors (Lipinski definition) is 1. The molecule has 1 saturated heterocycles. The van der Waals surface area contributed by atoms with Crippen molar-refractivity contribution in [2.24, 2.45) is 12.5 Å². The highest BCUT2D eigenvalue weighted by molar-refractivity contribution is 5.97. The number of pyridine rings is 2. The molecule has 4 heterocycles. The zero-order chi connectivity index (χ0) is 27.0. The maximum absolute atomic E-state index is 13.5. The lowest BCUT2D eigenvalue weighted by atomic mass is 9.84. The molecule has 0 saturated carbocycles. The first-order chi connectivity index (χ1) is 18.1. The predicted molar refractivity (Wildman–Crippen MR) is 141 cm³/mol. The molecule has 1 aliphatic rings. The second-order valence-electron chi connectivity index (χ2n) is 10.4. The van der Waals surface area contributed by atoms with E-state index in [0.717, 1.165) is 16.7 Å². The maximum Gasteiger partial charge on any atom is 0.265 e. The minimum absolute atomic E-state index is 0.0483. The van der Waals surface area contributed by atoms with Gasteiger partial charge < -0.3 is 10.2 Å². The molecule has 0 bridgehead atoms. The Balaban J connectivity index is 1.50. The van der Waals surface area contributed by atoms with E-state index in [4.69, 9.17) is 5.26 Å². The largest absolute Gasteiger partial charge is 0.348 e. The first kappa shape index (κ1) is 24.9. The van der Waals surface area contributed by atoms with Crippen molar-refractivity contribution in [1.82, 2.24) is 29.5 Å². The Labute approximate surface area is 219 Å². The molecule has 1 N–H and O–H groups in total. The summed E-state index contributed by atoms with van der Waals surface area (Å²) in [6.07, 6.45) is 5.19. The Morgan fingerprint density at radius 2 is 1.84 bits per heavy atom. The first-order valence-corrected chi connectivity index (χ1v) is 12.2. The van der Waals surface area contributed by atoms with Crippen molar-refractivity contribution < 1.29 is 9.59 Å². The van der Waals surface area contributed by atoms with Crippen LogP contribution in [0.5, 0.6) is 0 Å². The highest BCUT2D eigenvalue weighted by atomic mass is 16.2. The van der Waals surface area contributed by atoms with Crippen LogP contribution < -0.4 is 10.9 Å². The van der Waals surface area contributed by atoms with Crippen LogP contribution in [0.2, 0.25) is 0 Å². The second-order valence-corrected chi connectivity index (χ2v) is 10.4. The van der Waals surface area contributed by atoms with Crippen LogP contribution in [-0.4, -0.2) is 49.1 Å². The van der Waals surface area contributed by atoms with Gasteiger partial charge in [0, 0.05) is 55.6 Å². The van der Waals surface area contributed by atoms with E-state index < -0.39 is 11.5 Å². The van der Waals surface area contributed by atoms with Crippen molar-refractivity contribution in [3.05, 3.63) is 82.0 Å². The van der Waals surface area contributed by atoms with Crippen LogP contribution >= 0.6 is 0 Å². The van der Waals surface area contributed by atoms with E-state index in [-0.39, 0.29) is 30.0 Å². The maximum atomic E-state index is 13.5. The molecule has 10 heteroatoms. The first-order valence-electron chi connectivity index (χ1n) is 12.2. The van der Waals surface area contributed by atoms with Crippen LogP contribution in [0, 0.1) is 16.7 Å². The SMILES string of the molecule is Cn1cc(-c2cnc3c(c2)cc(C(=O)NCc2ccc(C#N)cc2)c(=O)n3CC(=O)N2CC(C)(C)C2)cn1. The molecule has 5 rings (SSSR count). The Kier molecular flexibility index (Phi) is 6.28. The quantitative estimate of drug-likeness (QED) is 0.426. The van der Waals surface area contributed by atoms with E-state index in [0.29, 0.717) is 29.7 Å². The van der Waals surface area contributed by atoms with E-state index in [1.807, 2.05) is 19.3 Å². The third-order valence-electron chi connectivity index (χ3n) is 6.63. The van der Waals surface area contributed by atoms with Crippen molar-refractivity contribution >= 4 is 22.8 Å². The van der Waals surface area contributed by atoms with Crippen LogP contribution in [0.3, 0.4) is 0 Å². The molecule has 0 atom stereocenters. The fourth-order valence-electron chi connectivity index (χ4n) is 4.68. The lowest BCUT2D eigenvalue weighted by Crippen LogP contribution is -2.56. The van der Waals surface area contributed by atoms with E-state index in [1.165, 1.54) is 10.6 Å². The smallest absolute Gasteiger partial charge is 0.265 e. The summed E-state index contributed by atoms with van der Waals surface area (Å²) in [4.78, 5) is 45.9. The van der Waals surface area contributed by atoms with Gasteiger partial charge in [-0.05, 0) is 35.2 Å². The van der Waals surface area contributed by atoms with Gasteiger partial charge in [-0.2, -0.15) is 10.4 Å². The number of nitrogens with one attached hydrogen (secondary N) is 1. The summed E-state index contributed by atoms with van der Waals surface area (Å²) in [5.74, 6) is -0.750. The topological polar surface area (TPSA) is 126 Å². The predicted octanol–water partition coefficient (Wildman–Crippen LogP) is 2.47. The Hall–Kier alpha value is -4.78. The second kappa shape index (κ2) is 9.59. The van der Waals surface area contributed by atoms with Gasteiger partial charge in [0.2, 0.25) is 5.91 Å². The molecule has 0 unspecified atom stereocenters. The molecule has 10 nitrogen and oxygen atoms in total. The minimum atomic E-state index is -0.579. The highest BCUT2D eigenvalue weighted by Gasteiger charge is 2.37. The van der Waals surface area contributed by atoms with Gasteiger partial charge in [0.25, 0.3) is 11.5 Å². The van der Waals surface area contributed by atoms with Gasteiger partial charge in [-0.25, -0.2) is 4.98 Å². The third-order valence-corrected chi connectivity index (χ3v) is 6.63. The lowest BCUT2D eigenvalue weighted by molar-refractivity contribution is -0.142. The number of fused-ring (bicyclic) bond motifs is 1. The molecule has 0 spiro atoms. The number of amides is 2. The number of rotatable bonds is 6. The third kappa shape index (κ3) is 4.91. The van der Waals surface area contributed by atoms with Crippen LogP contribution in [0.1, 0.15) is 35.3 Å². The van der Waals surface area contributed by atoms with Crippen LogP contribution in [0.4, 0.5) is 0 Å². The molecule has 4 aromatic rings. The normalized spacial score (nSPS) is 14.1. The summed E-state index contributed by atoms with van der Waals surface area (Å²) >= 11 is 0. The highest BCUT2D eigenvalue weighted by Crippen LogP contribution is 2.29. The summed E-state index contributed by atoms with van der Waals surface area (Å²) < 4.78 is 2.96. The molecule has 3 aromatic heterocycles. The average Bonchev–Trinajstić information content (AvgIpc) is 3.33. The number of aromatic nitrogens is 4. The molecule has 0 aliphatic carbocycles. The Bertz CT molecular complexity index is 1650. The molecule has 1 fully saturated rings. The summed E-state index contributed by atoms with van der Waals surface area (Å²) in [6, 6.07) is 12.2. The van der Waals surface area contributed by atoms with E-state index in [9.17, 15) is 14.4 Å². The molecular formula is C28H27N7O3. The Morgan fingerprint density at radius 3 is 2.47 bits per heavy atom. The summed E-state index contributed by atoms with van der Waals surface area (Å²) in [5, 5.41) is 16.5. The van der Waals surface area contributed by atoms with Crippen molar-refractivity contribution in [3.63, 3.8) is 0 Å². The molecule has 38 heavy (non-hydrogen) atoms. The minimum Gasteiger partial charge on any atom is -0.348 e. The van der Waals surface area contributed by atoms with Crippen LogP contribution in [-0.2, 0) is 24.9 Å². The molecular weight excluding hydrogens is 482 g/mol. The van der Waals surface area contributed by atoms with Gasteiger partial charge in [0.05, 0.1) is 17.8 Å². The number of hydrogen-bond acceptors (Lipinski definition) is 6. The number of nitriles is 1. The molecule has 1 aromatic carbocycles. The monoisotopic (exact) mass is 509 g/mol. The van der Waals surface area contributed by atoms with Crippen LogP contribution in [0.25, 0.3) is 22.2 Å². The van der Waals surface area contributed by atoms with Gasteiger partial charge >= 0.3 is 0 Å². The number of carbonyl (C=O) groups excluding carboxylic acids is 2. The van der Waals surface area contributed by atoms with E-state index in [2.05, 4.69) is 35.3 Å². The number of nitrogens with zero attached hydrogens (tertiary/aromatic N) is 6. The molecule has 0 radical (unpaired) electrons. The van der Waals surface area contributed by atoms with Gasteiger partial charge in [-0.1, -0.05) is 26.0 Å². The van der Waals surface area contributed by atoms with Gasteiger partial charge in [0.15, 0.2) is 0 Å². The molecule has 2 amide bonds. The Morgan fingerprint density at radius 1 is 1.11 bits per heavy atom. The number of carbonyl (C=O) groups is 2. The molecule has 192 valence electrons. The number of benzene rings is 1. The van der Waals surface area contributed by atoms with E-state index in [1.54, 1.807) is 46.2 Å². The van der Waals surface area contributed by atoms with Crippen LogP contribution in [0.15, 0.2) is 59.8 Å². The van der Waals surface area contributed by atoms with Crippen molar-refractivity contribution in [2.45, 2.75) is 26.9 Å². The fraction of sp³-hybridized carbons (Fsp3) is 0.286. The molecule has 1 aliphatic heterocycles. The number of likely N-dealkylation sites (tertiary alicyclic amines) is 1. The standard InChI is InChI=1S/C28H27N7O3/c1-28(2)16-34(17-28)24(36)15-35-25-20(8-21(12-30-25)22-13-32-33(3)14-22)9-23(27(35)38)26(37)31-11-19-6-4-18(10-29)5-7-19/h4-9,12-14H,11,15-17H2,1-3H3,(H,31,37). The van der Waals surface area contributed by atoms with Crippen molar-refractivity contribution in [3.8, 4) is 17.2 Å².